The average molecular weight is 256 g/mol. The molecule has 0 aromatic carbocycles. The molecule has 1 saturated carbocycles. The number of likely N-dealkylation sites (tertiary alicyclic amines) is 1. The Kier molecular flexibility index (Phi) is 5.42. The van der Waals surface area contributed by atoms with Gasteiger partial charge in [0.1, 0.15) is 0 Å². The van der Waals surface area contributed by atoms with Gasteiger partial charge in [0.2, 0.25) is 0 Å². The van der Waals surface area contributed by atoms with Gasteiger partial charge in [0.15, 0.2) is 0 Å². The zero-order valence-electron chi connectivity index (χ0n) is 11.5. The van der Waals surface area contributed by atoms with Gasteiger partial charge in [-0.1, -0.05) is 6.92 Å². The number of hydrogen-bond acceptors (Lipinski definition) is 4. The van der Waals surface area contributed by atoms with Crippen molar-refractivity contribution in [1.29, 1.82) is 0 Å². The molecule has 3 atom stereocenters. The number of aliphatic hydroxyl groups excluding tert-OH is 2. The van der Waals surface area contributed by atoms with E-state index in [9.17, 15) is 5.11 Å². The minimum Gasteiger partial charge on any atom is -0.395 e. The maximum absolute atomic E-state index is 10.1. The summed E-state index contributed by atoms with van der Waals surface area (Å²) >= 11 is 0. The van der Waals surface area contributed by atoms with Gasteiger partial charge in [-0.05, 0) is 44.1 Å². The Morgan fingerprint density at radius 2 is 2.11 bits per heavy atom. The molecule has 106 valence electrons. The summed E-state index contributed by atoms with van der Waals surface area (Å²) in [6.07, 6.45) is 4.45. The lowest BCUT2D eigenvalue weighted by molar-refractivity contribution is 0.0298. The third kappa shape index (κ3) is 4.19. The van der Waals surface area contributed by atoms with Gasteiger partial charge >= 0.3 is 0 Å². The average Bonchev–Trinajstić information content (AvgIpc) is 3.19. The molecule has 1 saturated heterocycles. The molecule has 0 bridgehead atoms. The monoisotopic (exact) mass is 256 g/mol. The molecular weight excluding hydrogens is 228 g/mol. The van der Waals surface area contributed by atoms with Crippen LogP contribution in [0, 0.1) is 11.8 Å². The zero-order valence-corrected chi connectivity index (χ0v) is 11.5. The Bertz CT molecular complexity index is 246. The fourth-order valence-corrected chi connectivity index (χ4v) is 2.97. The summed E-state index contributed by atoms with van der Waals surface area (Å²) in [6.45, 7) is 6.06. The number of nitrogens with one attached hydrogen (secondary N) is 1. The van der Waals surface area contributed by atoms with Crippen LogP contribution in [0.15, 0.2) is 0 Å². The van der Waals surface area contributed by atoms with Crippen LogP contribution >= 0.6 is 0 Å². The van der Waals surface area contributed by atoms with E-state index in [4.69, 9.17) is 5.11 Å². The van der Waals surface area contributed by atoms with E-state index in [1.54, 1.807) is 0 Å². The van der Waals surface area contributed by atoms with Gasteiger partial charge in [0.05, 0.1) is 12.7 Å². The van der Waals surface area contributed by atoms with Crippen LogP contribution in [0.1, 0.15) is 32.6 Å². The number of β-amino-alcohol motifs (C(OH)–C–C–N with tert-alkyl or cyclic N) is 1. The molecule has 3 N–H and O–H groups in total. The summed E-state index contributed by atoms with van der Waals surface area (Å²) in [4.78, 5) is 2.29. The van der Waals surface area contributed by atoms with Crippen molar-refractivity contribution in [2.45, 2.75) is 44.8 Å². The van der Waals surface area contributed by atoms with Gasteiger partial charge in [-0.25, -0.2) is 0 Å². The van der Waals surface area contributed by atoms with E-state index in [2.05, 4.69) is 10.2 Å². The summed E-state index contributed by atoms with van der Waals surface area (Å²) in [6, 6.07) is 0.483. The fourth-order valence-electron chi connectivity index (χ4n) is 2.97. The molecule has 0 aromatic rings. The Morgan fingerprint density at radius 1 is 1.33 bits per heavy atom. The minimum absolute atomic E-state index is 0.197. The van der Waals surface area contributed by atoms with Crippen LogP contribution in [0.25, 0.3) is 0 Å². The van der Waals surface area contributed by atoms with Crippen LogP contribution in [0.3, 0.4) is 0 Å². The number of piperidine rings is 1. The molecular formula is C14H28N2O2. The van der Waals surface area contributed by atoms with Gasteiger partial charge in [-0.2, -0.15) is 0 Å². The molecule has 0 amide bonds. The Morgan fingerprint density at radius 3 is 2.72 bits per heavy atom. The molecule has 0 radical (unpaired) electrons. The van der Waals surface area contributed by atoms with Crippen molar-refractivity contribution >= 4 is 0 Å². The van der Waals surface area contributed by atoms with E-state index < -0.39 is 0 Å². The van der Waals surface area contributed by atoms with Crippen molar-refractivity contribution in [1.82, 2.24) is 10.2 Å². The number of hydrogen-bond donors (Lipinski definition) is 3. The Labute approximate surface area is 110 Å². The summed E-state index contributed by atoms with van der Waals surface area (Å²) in [5, 5.41) is 22.8. The molecule has 4 heteroatoms. The molecule has 2 fully saturated rings. The second-order valence-corrected chi connectivity index (χ2v) is 6.00. The van der Waals surface area contributed by atoms with Gasteiger partial charge in [0, 0.05) is 25.7 Å². The summed E-state index contributed by atoms with van der Waals surface area (Å²) < 4.78 is 0. The third-order valence-corrected chi connectivity index (χ3v) is 4.33. The molecule has 1 aliphatic heterocycles. The van der Waals surface area contributed by atoms with Crippen molar-refractivity contribution in [2.75, 3.05) is 32.8 Å². The van der Waals surface area contributed by atoms with Gasteiger partial charge in [-0.15, -0.1) is 0 Å². The first-order valence-corrected chi connectivity index (χ1v) is 7.47. The topological polar surface area (TPSA) is 55.7 Å². The van der Waals surface area contributed by atoms with Crippen molar-refractivity contribution in [3.05, 3.63) is 0 Å². The van der Waals surface area contributed by atoms with E-state index in [0.717, 1.165) is 44.9 Å². The lowest BCUT2D eigenvalue weighted by atomic mass is 9.88. The van der Waals surface area contributed by atoms with Crippen LogP contribution in [-0.4, -0.2) is 60.0 Å². The predicted molar refractivity (Wildman–Crippen MR) is 72.4 cm³/mol. The van der Waals surface area contributed by atoms with Gasteiger partial charge in [-0.3, -0.25) is 4.90 Å². The van der Waals surface area contributed by atoms with Crippen molar-refractivity contribution < 1.29 is 10.2 Å². The quantitative estimate of drug-likeness (QED) is 0.619. The molecule has 0 aromatic heterocycles. The van der Waals surface area contributed by atoms with E-state index in [1.165, 1.54) is 12.8 Å². The first-order chi connectivity index (χ1) is 8.72. The number of aliphatic hydroxyl groups is 2. The fraction of sp³-hybridized carbons (Fsp3) is 1.00. The van der Waals surface area contributed by atoms with E-state index in [-0.39, 0.29) is 12.7 Å². The molecule has 1 heterocycles. The predicted octanol–water partition coefficient (Wildman–Crippen LogP) is 0.440. The second-order valence-electron chi connectivity index (χ2n) is 6.00. The first-order valence-electron chi connectivity index (χ1n) is 7.47. The highest BCUT2D eigenvalue weighted by atomic mass is 16.3. The van der Waals surface area contributed by atoms with Crippen molar-refractivity contribution in [3.8, 4) is 0 Å². The molecule has 3 unspecified atom stereocenters. The highest BCUT2D eigenvalue weighted by Gasteiger charge is 2.31. The summed E-state index contributed by atoms with van der Waals surface area (Å²) in [7, 11) is 0. The lowest BCUT2D eigenvalue weighted by Gasteiger charge is -2.39. The second kappa shape index (κ2) is 6.85. The van der Waals surface area contributed by atoms with E-state index >= 15 is 0 Å². The maximum Gasteiger partial charge on any atom is 0.0578 e. The zero-order chi connectivity index (χ0) is 13.0. The van der Waals surface area contributed by atoms with E-state index in [0.29, 0.717) is 12.0 Å². The highest BCUT2D eigenvalue weighted by Crippen LogP contribution is 2.28. The SMILES string of the molecule is CCC(O)C1CC(NCC2CC2)CN(CCO)C1. The standard InChI is InChI=1S/C14H28N2O2/c1-2-14(18)12-7-13(15-8-11-3-4-11)10-16(9-12)5-6-17/h11-15,17-18H,2-10H2,1H3. The first kappa shape index (κ1) is 14.3. The molecule has 2 rings (SSSR count). The molecule has 1 aliphatic carbocycles. The van der Waals surface area contributed by atoms with Gasteiger partial charge < -0.3 is 15.5 Å². The molecule has 0 spiro atoms. The maximum atomic E-state index is 10.1. The van der Waals surface area contributed by atoms with Crippen LogP contribution in [0.2, 0.25) is 0 Å². The smallest absolute Gasteiger partial charge is 0.0578 e. The number of nitrogens with zero attached hydrogens (tertiary/aromatic N) is 1. The van der Waals surface area contributed by atoms with Crippen molar-refractivity contribution in [2.24, 2.45) is 11.8 Å². The molecule has 2 aliphatic rings. The summed E-state index contributed by atoms with van der Waals surface area (Å²) in [5.74, 6) is 1.25. The van der Waals surface area contributed by atoms with Crippen LogP contribution < -0.4 is 5.32 Å². The van der Waals surface area contributed by atoms with Crippen LogP contribution in [-0.2, 0) is 0 Å². The summed E-state index contributed by atoms with van der Waals surface area (Å²) in [5.41, 5.74) is 0. The van der Waals surface area contributed by atoms with Crippen molar-refractivity contribution in [3.63, 3.8) is 0 Å². The minimum atomic E-state index is -0.197. The normalized spacial score (nSPS) is 31.5. The lowest BCUT2D eigenvalue weighted by Crippen LogP contribution is -2.52. The largest absolute Gasteiger partial charge is 0.395 e. The van der Waals surface area contributed by atoms with Gasteiger partial charge in [0.25, 0.3) is 0 Å². The highest BCUT2D eigenvalue weighted by molar-refractivity contribution is 4.88. The van der Waals surface area contributed by atoms with Crippen LogP contribution in [0.5, 0.6) is 0 Å². The Balaban J connectivity index is 1.83. The third-order valence-electron chi connectivity index (χ3n) is 4.33. The Hall–Kier alpha value is -0.160. The molecule has 18 heavy (non-hydrogen) atoms. The van der Waals surface area contributed by atoms with Crippen LogP contribution in [0.4, 0.5) is 0 Å². The number of rotatable bonds is 7. The van der Waals surface area contributed by atoms with E-state index in [1.807, 2.05) is 6.92 Å². The molecule has 4 nitrogen and oxygen atoms in total.